The molecule has 0 aliphatic carbocycles. The number of benzene rings is 6. The van der Waals surface area contributed by atoms with Gasteiger partial charge >= 0.3 is 0 Å². The average Bonchev–Trinajstić information content (AvgIpc) is 3.84. The third-order valence-corrected chi connectivity index (χ3v) is 13.9. The summed E-state index contributed by atoms with van der Waals surface area (Å²) in [7, 11) is 0.357. The van der Waals surface area contributed by atoms with Gasteiger partial charge < -0.3 is 61.7 Å². The largest absolute Gasteiger partial charge is 0.507 e. The first kappa shape index (κ1) is 60.8. The molecule has 7 rings (SSSR count). The summed E-state index contributed by atoms with van der Waals surface area (Å²) in [5.41, 5.74) is 11.6. The van der Waals surface area contributed by atoms with E-state index in [1.807, 2.05) is 54.7 Å². The Morgan fingerprint density at radius 2 is 1.32 bits per heavy atom. The molecule has 1 amide bonds. The molecule has 1 heterocycles. The number of H-pyrrole nitrogens is 1. The van der Waals surface area contributed by atoms with Gasteiger partial charge in [-0.1, -0.05) is 84.9 Å². The minimum atomic E-state index is -1.30. The number of nitrogens with two attached hydrogens (primary N) is 1. The predicted octanol–water partition coefficient (Wildman–Crippen LogP) is 8.31. The van der Waals surface area contributed by atoms with Gasteiger partial charge in [-0.25, -0.2) is 0 Å². The number of nitrogens with one attached hydrogen (secondary N) is 4. The number of carbonyl (C=O) groups is 1. The molecule has 6 aromatic carbocycles. The third-order valence-electron chi connectivity index (χ3n) is 13.0. The number of aliphatic hydroxyl groups excluding tert-OH is 3. The molecule has 410 valence electrons. The number of rotatable bonds is 25. The Morgan fingerprint density at radius 1 is 0.753 bits per heavy atom. The van der Waals surface area contributed by atoms with Crippen molar-refractivity contribution in [3.8, 4) is 29.1 Å². The maximum absolute atomic E-state index is 11.6. The Kier molecular flexibility index (Phi) is 24.2. The number of aromatic nitrogens is 1. The Morgan fingerprint density at radius 3 is 1.94 bits per heavy atom. The lowest BCUT2D eigenvalue weighted by molar-refractivity contribution is 0.0987. The number of ether oxygens (including phenoxy) is 2. The second-order valence-electron chi connectivity index (χ2n) is 19.8. The van der Waals surface area contributed by atoms with Gasteiger partial charge in [0.1, 0.15) is 41.8 Å². The van der Waals surface area contributed by atoms with E-state index in [1.54, 1.807) is 43.5 Å². The van der Waals surface area contributed by atoms with E-state index >= 15 is 0 Å². The summed E-state index contributed by atoms with van der Waals surface area (Å²) in [6, 6.07) is 45.2. The van der Waals surface area contributed by atoms with Gasteiger partial charge in [-0.15, -0.1) is 0 Å². The molecule has 0 bridgehead atoms. The highest BCUT2D eigenvalue weighted by atomic mass is 32.2. The topological polar surface area (TPSA) is 255 Å². The number of fused-ring (bicyclic) bond motifs is 1. The minimum Gasteiger partial charge on any atom is -0.507 e. The number of nitriles is 1. The van der Waals surface area contributed by atoms with E-state index in [9.17, 15) is 34.5 Å². The van der Waals surface area contributed by atoms with Gasteiger partial charge in [0.15, 0.2) is 0 Å². The zero-order valence-corrected chi connectivity index (χ0v) is 45.7. The molecule has 0 saturated carbocycles. The molecule has 15 nitrogen and oxygen atoms in total. The van der Waals surface area contributed by atoms with Crippen molar-refractivity contribution in [1.29, 1.82) is 5.26 Å². The van der Waals surface area contributed by atoms with Crippen molar-refractivity contribution in [2.45, 2.75) is 101 Å². The van der Waals surface area contributed by atoms with E-state index in [0.717, 1.165) is 43.4 Å². The smallest absolute Gasteiger partial charge is 0.252 e. The summed E-state index contributed by atoms with van der Waals surface area (Å²) < 4.78 is 22.4. The summed E-state index contributed by atoms with van der Waals surface area (Å²) in [6.45, 7) is 9.68. The number of amides is 1. The predicted molar refractivity (Wildman–Crippen MR) is 305 cm³/mol. The normalized spacial score (nSPS) is 13.6. The van der Waals surface area contributed by atoms with Gasteiger partial charge in [0.25, 0.3) is 5.91 Å². The fourth-order valence-corrected chi connectivity index (χ4v) is 9.00. The minimum absolute atomic E-state index is 0.0115. The number of nitrogens with zero attached hydrogens (tertiary/aromatic N) is 1. The van der Waals surface area contributed by atoms with Crippen LogP contribution in [0.4, 0.5) is 0 Å². The number of β-amino-alcohol motifs (C(OH)–C–C–N with tert-alkyl or cyclic N) is 1. The van der Waals surface area contributed by atoms with Crippen LogP contribution in [0.2, 0.25) is 0 Å². The van der Waals surface area contributed by atoms with Gasteiger partial charge in [0.05, 0.1) is 46.1 Å². The zero-order chi connectivity index (χ0) is 55.9. The number of aliphatic hydroxyl groups is 3. The highest BCUT2D eigenvalue weighted by Gasteiger charge is 2.22. The van der Waals surface area contributed by atoms with Crippen molar-refractivity contribution < 1.29 is 44.0 Å². The molecule has 7 aromatic rings. The quantitative estimate of drug-likeness (QED) is 0.0259. The van der Waals surface area contributed by atoms with Crippen LogP contribution in [0.1, 0.15) is 96.5 Å². The van der Waals surface area contributed by atoms with Crippen molar-refractivity contribution in [3.63, 3.8) is 0 Å². The van der Waals surface area contributed by atoms with Gasteiger partial charge in [-0.3, -0.25) is 9.00 Å². The molecule has 0 radical (unpaired) electrons. The summed E-state index contributed by atoms with van der Waals surface area (Å²) in [5, 5.41) is 70.5. The number of primary amides is 1. The van der Waals surface area contributed by atoms with Crippen LogP contribution in [0.5, 0.6) is 23.0 Å². The van der Waals surface area contributed by atoms with Crippen LogP contribution < -0.4 is 31.2 Å². The van der Waals surface area contributed by atoms with Crippen LogP contribution in [0.25, 0.3) is 10.9 Å². The molecular formula is C61H76N6O9S. The van der Waals surface area contributed by atoms with Gasteiger partial charge in [-0.05, 0) is 142 Å². The number of aromatic hydroxyl groups is 2. The molecule has 0 fully saturated rings. The van der Waals surface area contributed by atoms with Crippen LogP contribution in [0, 0.1) is 11.3 Å². The summed E-state index contributed by atoms with van der Waals surface area (Å²) in [4.78, 5) is 14.9. The Bertz CT molecular complexity index is 2980. The second kappa shape index (κ2) is 30.6. The lowest BCUT2D eigenvalue weighted by atomic mass is 9.94. The van der Waals surface area contributed by atoms with Crippen LogP contribution in [0.15, 0.2) is 151 Å². The SMILES string of the molecule is CC(C)(Cc1c[nH]c2ccccc12)NCC(O)COc1ccccc1C#N.CC(CCc1ccccc1)NCC(O)c1ccc(O)c(C(N)=O)c1.COc1ccc(CCC(C)NCC(O)c2ccc(O)c(S(C)=O)c2)cc1. The van der Waals surface area contributed by atoms with Crippen molar-refractivity contribution in [1.82, 2.24) is 20.9 Å². The highest BCUT2D eigenvalue weighted by Crippen LogP contribution is 2.26. The molecule has 1 aromatic heterocycles. The van der Waals surface area contributed by atoms with Gasteiger partial charge in [-0.2, -0.15) is 5.26 Å². The lowest BCUT2D eigenvalue weighted by Gasteiger charge is -2.28. The monoisotopic (exact) mass is 1070 g/mol. The molecule has 0 saturated heterocycles. The Balaban J connectivity index is 0.000000213. The first-order valence-corrected chi connectivity index (χ1v) is 27.3. The summed E-state index contributed by atoms with van der Waals surface area (Å²) in [5.74, 6) is 0.442. The van der Waals surface area contributed by atoms with Gasteiger partial charge in [0.2, 0.25) is 0 Å². The van der Waals surface area contributed by atoms with Crippen molar-refractivity contribution in [2.75, 3.05) is 39.6 Å². The van der Waals surface area contributed by atoms with E-state index < -0.39 is 35.0 Å². The Labute approximate surface area is 455 Å². The number of aromatic amines is 1. The first-order chi connectivity index (χ1) is 36.9. The zero-order valence-electron chi connectivity index (χ0n) is 44.9. The van der Waals surface area contributed by atoms with E-state index in [-0.39, 0.29) is 41.3 Å². The summed E-state index contributed by atoms with van der Waals surface area (Å²) >= 11 is 0. The second-order valence-corrected chi connectivity index (χ2v) is 21.1. The Hall–Kier alpha value is -7.07. The number of phenols is 2. The van der Waals surface area contributed by atoms with Crippen molar-refractivity contribution >= 4 is 27.6 Å². The average molecular weight is 1070 g/mol. The fraction of sp³-hybridized carbons (Fsp3) is 0.344. The number of phenolic OH excluding ortho intramolecular Hbond substituents is 1. The van der Waals surface area contributed by atoms with E-state index in [1.165, 1.54) is 46.5 Å². The number of para-hydroxylation sites is 2. The molecule has 16 heteroatoms. The molecule has 0 aliphatic heterocycles. The third kappa shape index (κ3) is 20.1. The molecule has 11 N–H and O–H groups in total. The lowest BCUT2D eigenvalue weighted by Crippen LogP contribution is -2.46. The number of hydrogen-bond acceptors (Lipinski definition) is 13. The van der Waals surface area contributed by atoms with Crippen LogP contribution in [-0.4, -0.2) is 104 Å². The van der Waals surface area contributed by atoms with Crippen LogP contribution in [0.3, 0.4) is 0 Å². The highest BCUT2D eigenvalue weighted by molar-refractivity contribution is 7.84. The van der Waals surface area contributed by atoms with Crippen LogP contribution >= 0.6 is 0 Å². The number of hydrogen-bond donors (Lipinski definition) is 10. The molecule has 77 heavy (non-hydrogen) atoms. The maximum Gasteiger partial charge on any atom is 0.252 e. The van der Waals surface area contributed by atoms with E-state index in [2.05, 4.69) is 91.1 Å². The van der Waals surface area contributed by atoms with Crippen LogP contribution in [-0.2, 0) is 30.1 Å². The maximum atomic E-state index is 11.6. The van der Waals surface area contributed by atoms with E-state index in [0.29, 0.717) is 47.0 Å². The van der Waals surface area contributed by atoms with Gasteiger partial charge in [0, 0.05) is 60.6 Å². The molecule has 0 spiro atoms. The molecule has 6 unspecified atom stereocenters. The number of methoxy groups -OCH3 is 1. The van der Waals surface area contributed by atoms with Crippen molar-refractivity contribution in [2.24, 2.45) is 5.73 Å². The number of aryl methyl sites for hydroxylation is 2. The van der Waals surface area contributed by atoms with E-state index in [4.69, 9.17) is 20.5 Å². The van der Waals surface area contributed by atoms with Crippen molar-refractivity contribution in [3.05, 3.63) is 185 Å². The first-order valence-electron chi connectivity index (χ1n) is 25.7. The molecular weight excluding hydrogens is 993 g/mol. The summed E-state index contributed by atoms with van der Waals surface area (Å²) in [6.07, 6.45) is 6.03. The molecule has 0 aliphatic rings. The molecule has 6 atom stereocenters. The fourth-order valence-electron chi connectivity index (χ4n) is 8.34. The number of carbonyl (C=O) groups excluding carboxylic acids is 1. The standard InChI is InChI=1S/C22H25N3O2.C20H27NO4S.C19H24N2O3/c1-22(2,11-17-13-24-20-9-5-4-8-19(17)20)25-14-18(26)15-27-21-10-6-3-7-16(21)12-23;1-14(4-5-15-6-9-17(25-2)10-7-15)21-13-19(23)16-8-11-18(22)20(12-16)26(3)24;1-13(7-8-14-5-3-2-4-6-14)21-12-18(23)15-9-10-17(22)16(11-15)19(20)24/h3-10,13,18,24-26H,11,14-15H2,1-2H3;6-12,14,19,21-23H,4-5,13H2,1-3H3;2-6,9-11,13,18,21-23H,7-8,12H2,1H3,(H2,20,24).